The van der Waals surface area contributed by atoms with Crippen molar-refractivity contribution in [2.24, 2.45) is 0 Å². The van der Waals surface area contributed by atoms with Gasteiger partial charge in [0.1, 0.15) is 11.6 Å². The first-order chi connectivity index (χ1) is 9.98. The molecule has 0 aromatic heterocycles. The molecule has 0 bridgehead atoms. The van der Waals surface area contributed by atoms with E-state index in [1.165, 1.54) is 4.90 Å². The van der Waals surface area contributed by atoms with E-state index in [-0.39, 0.29) is 18.4 Å². The van der Waals surface area contributed by atoms with E-state index in [0.717, 1.165) is 19.3 Å². The zero-order valence-corrected chi connectivity index (χ0v) is 12.4. The van der Waals surface area contributed by atoms with E-state index in [1.54, 1.807) is 7.05 Å². The Kier molecular flexibility index (Phi) is 4.82. The zero-order chi connectivity index (χ0) is 15.5. The van der Waals surface area contributed by atoms with Crippen LogP contribution in [0.5, 0.6) is 0 Å². The summed E-state index contributed by atoms with van der Waals surface area (Å²) in [7, 11) is 1.54. The highest BCUT2D eigenvalue weighted by Crippen LogP contribution is 2.29. The number of aliphatic hydroxyl groups is 1. The third-order valence-electron chi connectivity index (χ3n) is 4.38. The summed E-state index contributed by atoms with van der Waals surface area (Å²) in [6, 6.07) is -0.450. The van der Waals surface area contributed by atoms with Crippen molar-refractivity contribution in [2.75, 3.05) is 20.1 Å². The summed E-state index contributed by atoms with van der Waals surface area (Å²) in [5, 5.41) is 15.2. The minimum absolute atomic E-state index is 0.172. The molecule has 1 heterocycles. The average Bonchev–Trinajstić information content (AvgIpc) is 3.13. The summed E-state index contributed by atoms with van der Waals surface area (Å²) in [4.78, 5) is 37.3. The molecule has 118 valence electrons. The molecule has 7 nitrogen and oxygen atoms in total. The van der Waals surface area contributed by atoms with Crippen molar-refractivity contribution in [3.63, 3.8) is 0 Å². The lowest BCUT2D eigenvalue weighted by Crippen LogP contribution is -2.51. The van der Waals surface area contributed by atoms with Crippen LogP contribution in [0.1, 0.15) is 38.5 Å². The Morgan fingerprint density at radius 1 is 1.24 bits per heavy atom. The van der Waals surface area contributed by atoms with Crippen LogP contribution in [-0.4, -0.2) is 59.5 Å². The number of likely N-dealkylation sites (tertiary alicyclic amines) is 1. The third-order valence-corrected chi connectivity index (χ3v) is 4.38. The van der Waals surface area contributed by atoms with Crippen molar-refractivity contribution in [3.8, 4) is 0 Å². The molecule has 1 aliphatic heterocycles. The minimum atomic E-state index is -1.33. The molecule has 1 saturated carbocycles. The van der Waals surface area contributed by atoms with Crippen LogP contribution in [0, 0.1) is 0 Å². The highest BCUT2D eigenvalue weighted by atomic mass is 16.3. The number of hydrogen-bond donors (Lipinski definition) is 3. The molecule has 1 aliphatic carbocycles. The molecule has 1 unspecified atom stereocenters. The first-order valence-corrected chi connectivity index (χ1v) is 7.50. The number of carbonyl (C=O) groups is 3. The number of likely N-dealkylation sites (N-methyl/N-ethyl adjacent to an activating group) is 1. The molecule has 0 radical (unpaired) electrons. The summed E-state index contributed by atoms with van der Waals surface area (Å²) < 4.78 is 0. The van der Waals surface area contributed by atoms with Crippen LogP contribution in [0.3, 0.4) is 0 Å². The lowest BCUT2D eigenvalue weighted by atomic mass is 10.0. The van der Waals surface area contributed by atoms with Gasteiger partial charge < -0.3 is 20.6 Å². The third kappa shape index (κ3) is 3.34. The number of hydrogen-bond acceptors (Lipinski definition) is 4. The Bertz CT molecular complexity index is 432. The van der Waals surface area contributed by atoms with Gasteiger partial charge in [-0.1, -0.05) is 0 Å². The Morgan fingerprint density at radius 3 is 2.52 bits per heavy atom. The topological polar surface area (TPSA) is 98.7 Å². The fourth-order valence-electron chi connectivity index (χ4n) is 3.11. The maximum Gasteiger partial charge on any atom is 0.252 e. The van der Waals surface area contributed by atoms with Crippen molar-refractivity contribution < 1.29 is 19.5 Å². The fourth-order valence-corrected chi connectivity index (χ4v) is 3.11. The molecular weight excluding hydrogens is 274 g/mol. The molecule has 21 heavy (non-hydrogen) atoms. The maximum absolute atomic E-state index is 12.1. The van der Waals surface area contributed by atoms with E-state index >= 15 is 0 Å². The van der Waals surface area contributed by atoms with Gasteiger partial charge in [-0.3, -0.25) is 14.4 Å². The molecule has 0 spiro atoms. The van der Waals surface area contributed by atoms with Gasteiger partial charge in [-0.15, -0.1) is 0 Å². The summed E-state index contributed by atoms with van der Waals surface area (Å²) in [6.45, 7) is 0.353. The van der Waals surface area contributed by atoms with Crippen LogP contribution in [0.25, 0.3) is 0 Å². The van der Waals surface area contributed by atoms with Gasteiger partial charge in [0.2, 0.25) is 11.8 Å². The Morgan fingerprint density at radius 2 is 1.90 bits per heavy atom. The molecule has 2 aliphatic rings. The van der Waals surface area contributed by atoms with E-state index in [9.17, 15) is 19.5 Å². The number of rotatable bonds is 4. The normalized spacial score (nSPS) is 23.9. The summed E-state index contributed by atoms with van der Waals surface area (Å²) in [5.41, 5.74) is -1.33. The lowest BCUT2D eigenvalue weighted by Gasteiger charge is -2.25. The van der Waals surface area contributed by atoms with Crippen LogP contribution < -0.4 is 10.6 Å². The van der Waals surface area contributed by atoms with E-state index in [0.29, 0.717) is 25.8 Å². The number of amides is 3. The van der Waals surface area contributed by atoms with Gasteiger partial charge in [0.25, 0.3) is 5.91 Å². The van der Waals surface area contributed by atoms with Gasteiger partial charge in [0.05, 0.1) is 6.54 Å². The van der Waals surface area contributed by atoms with Crippen LogP contribution >= 0.6 is 0 Å². The van der Waals surface area contributed by atoms with Crippen molar-refractivity contribution in [1.82, 2.24) is 15.5 Å². The van der Waals surface area contributed by atoms with E-state index in [1.807, 2.05) is 0 Å². The Labute approximate surface area is 124 Å². The second kappa shape index (κ2) is 6.43. The largest absolute Gasteiger partial charge is 0.380 e. The van der Waals surface area contributed by atoms with Crippen molar-refractivity contribution in [3.05, 3.63) is 0 Å². The molecule has 3 amide bonds. The lowest BCUT2D eigenvalue weighted by molar-refractivity contribution is -0.143. The number of nitrogens with one attached hydrogen (secondary N) is 2. The SMILES string of the molecule is CNC(=O)C1CCCN1C(=O)CNC(=O)C1(O)CCCC1. The highest BCUT2D eigenvalue weighted by Gasteiger charge is 2.39. The molecule has 0 aromatic rings. The second-order valence-corrected chi connectivity index (χ2v) is 5.78. The van der Waals surface area contributed by atoms with Crippen molar-refractivity contribution in [1.29, 1.82) is 0 Å². The van der Waals surface area contributed by atoms with E-state index in [2.05, 4.69) is 10.6 Å². The predicted molar refractivity (Wildman–Crippen MR) is 75.2 cm³/mol. The van der Waals surface area contributed by atoms with Crippen LogP contribution in [-0.2, 0) is 14.4 Å². The molecule has 3 N–H and O–H groups in total. The monoisotopic (exact) mass is 297 g/mol. The number of carbonyl (C=O) groups excluding carboxylic acids is 3. The van der Waals surface area contributed by atoms with Crippen LogP contribution in [0.4, 0.5) is 0 Å². The molecule has 7 heteroatoms. The minimum Gasteiger partial charge on any atom is -0.380 e. The summed E-state index contributed by atoms with van der Waals surface area (Å²) >= 11 is 0. The van der Waals surface area contributed by atoms with Gasteiger partial charge in [-0.2, -0.15) is 0 Å². The van der Waals surface area contributed by atoms with Gasteiger partial charge in [-0.25, -0.2) is 0 Å². The zero-order valence-electron chi connectivity index (χ0n) is 12.4. The molecule has 2 fully saturated rings. The smallest absolute Gasteiger partial charge is 0.252 e. The highest BCUT2D eigenvalue weighted by molar-refractivity contribution is 5.92. The summed E-state index contributed by atoms with van der Waals surface area (Å²) in [5.74, 6) is -0.943. The van der Waals surface area contributed by atoms with Gasteiger partial charge in [-0.05, 0) is 38.5 Å². The molecular formula is C14H23N3O4. The first-order valence-electron chi connectivity index (χ1n) is 7.50. The quantitative estimate of drug-likeness (QED) is 0.629. The number of nitrogens with zero attached hydrogens (tertiary/aromatic N) is 1. The summed E-state index contributed by atoms with van der Waals surface area (Å²) in [6.07, 6.45) is 3.95. The molecule has 1 atom stereocenters. The van der Waals surface area contributed by atoms with E-state index in [4.69, 9.17) is 0 Å². The molecule has 1 saturated heterocycles. The predicted octanol–water partition coefficient (Wildman–Crippen LogP) is -0.855. The van der Waals surface area contributed by atoms with E-state index < -0.39 is 17.6 Å². The van der Waals surface area contributed by atoms with Gasteiger partial charge in [0, 0.05) is 13.6 Å². The fraction of sp³-hybridized carbons (Fsp3) is 0.786. The van der Waals surface area contributed by atoms with Crippen LogP contribution in [0.15, 0.2) is 0 Å². The average molecular weight is 297 g/mol. The second-order valence-electron chi connectivity index (χ2n) is 5.78. The Balaban J connectivity index is 1.86. The molecule has 0 aromatic carbocycles. The van der Waals surface area contributed by atoms with Gasteiger partial charge in [0.15, 0.2) is 0 Å². The standard InChI is InChI=1S/C14H23N3O4/c1-15-12(19)10-5-4-8-17(10)11(18)9-16-13(20)14(21)6-2-3-7-14/h10,21H,2-9H2,1H3,(H,15,19)(H,16,20). The van der Waals surface area contributed by atoms with Crippen molar-refractivity contribution in [2.45, 2.75) is 50.2 Å². The molecule has 2 rings (SSSR count). The first kappa shape index (κ1) is 15.8. The van der Waals surface area contributed by atoms with Crippen molar-refractivity contribution >= 4 is 17.7 Å². The van der Waals surface area contributed by atoms with Crippen LogP contribution in [0.2, 0.25) is 0 Å². The van der Waals surface area contributed by atoms with Gasteiger partial charge >= 0.3 is 0 Å². The Hall–Kier alpha value is -1.63. The maximum atomic E-state index is 12.1.